The number of ether oxygens (including phenoxy) is 2. The summed E-state index contributed by atoms with van der Waals surface area (Å²) in [5.41, 5.74) is 2.62. The van der Waals surface area contributed by atoms with Crippen molar-refractivity contribution in [3.8, 4) is 5.75 Å². The van der Waals surface area contributed by atoms with E-state index in [0.717, 1.165) is 50.5 Å². The van der Waals surface area contributed by atoms with Crippen LogP contribution in [-0.2, 0) is 9.53 Å². The molecule has 1 aliphatic heterocycles. The van der Waals surface area contributed by atoms with Crippen molar-refractivity contribution in [3.05, 3.63) is 65.6 Å². The first-order valence-electron chi connectivity index (χ1n) is 11.0. The van der Waals surface area contributed by atoms with E-state index in [1.165, 1.54) is 23.9 Å². The molecule has 7 heteroatoms. The molecular formula is C26H24FNO4S. The summed E-state index contributed by atoms with van der Waals surface area (Å²) in [5.74, 6) is 0.362. The van der Waals surface area contributed by atoms with Gasteiger partial charge in [-0.3, -0.25) is 9.78 Å². The van der Waals surface area contributed by atoms with E-state index in [1.807, 2.05) is 36.4 Å². The summed E-state index contributed by atoms with van der Waals surface area (Å²) in [5, 5.41) is 10.7. The second-order valence-corrected chi connectivity index (χ2v) is 9.52. The minimum Gasteiger partial charge on any atom is -0.497 e. The van der Waals surface area contributed by atoms with Crippen LogP contribution in [0.2, 0.25) is 0 Å². The molecule has 0 radical (unpaired) electrons. The lowest BCUT2D eigenvalue weighted by Crippen LogP contribution is -2.31. The lowest BCUT2D eigenvalue weighted by Gasteiger charge is -2.23. The van der Waals surface area contributed by atoms with Crippen molar-refractivity contribution in [3.63, 3.8) is 0 Å². The zero-order valence-corrected chi connectivity index (χ0v) is 19.0. The molecule has 0 spiro atoms. The number of aromatic nitrogens is 1. The minimum atomic E-state index is -0.710. The Bertz CT molecular complexity index is 1240. The standard InChI is InChI=1S/C26H24FNO4S/c1-31-18-3-2-4-20(14-18)33-26-21(9-8-19-12-17(29)13-24(30)32-19)25(15-5-6-15)28-23-10-7-16(27)11-22(23)26/h2-4,7-11,14-15,17,19,29H,5-6,12-13H2,1H3/b9-8+/t17-,19?/m1/s1. The molecule has 2 fully saturated rings. The molecule has 2 aliphatic rings. The van der Waals surface area contributed by atoms with Gasteiger partial charge in [-0.1, -0.05) is 23.9 Å². The van der Waals surface area contributed by atoms with Crippen molar-refractivity contribution in [1.82, 2.24) is 4.98 Å². The van der Waals surface area contributed by atoms with Gasteiger partial charge in [-0.15, -0.1) is 0 Å². The van der Waals surface area contributed by atoms with Crippen molar-refractivity contribution in [2.24, 2.45) is 0 Å². The Kier molecular flexibility index (Phi) is 6.08. The van der Waals surface area contributed by atoms with Gasteiger partial charge in [0.25, 0.3) is 0 Å². The number of pyridine rings is 1. The predicted octanol–water partition coefficient (Wildman–Crippen LogP) is 5.49. The quantitative estimate of drug-likeness (QED) is 0.486. The molecule has 1 unspecified atom stereocenters. The maximum Gasteiger partial charge on any atom is 0.309 e. The number of rotatable bonds is 6. The molecule has 3 aromatic rings. The van der Waals surface area contributed by atoms with Crippen LogP contribution in [0, 0.1) is 5.82 Å². The maximum atomic E-state index is 14.3. The van der Waals surface area contributed by atoms with E-state index in [4.69, 9.17) is 14.5 Å². The average Bonchev–Trinajstić information content (AvgIpc) is 3.63. The van der Waals surface area contributed by atoms with E-state index in [-0.39, 0.29) is 12.2 Å². The highest BCUT2D eigenvalue weighted by molar-refractivity contribution is 7.99. The second kappa shape index (κ2) is 9.15. The van der Waals surface area contributed by atoms with Crippen molar-refractivity contribution in [2.45, 2.75) is 53.6 Å². The molecule has 2 atom stereocenters. The highest BCUT2D eigenvalue weighted by atomic mass is 32.2. The number of halogens is 1. The number of carbonyl (C=O) groups is 1. The Labute approximate surface area is 195 Å². The summed E-state index contributed by atoms with van der Waals surface area (Å²) >= 11 is 1.53. The number of carbonyl (C=O) groups excluding carboxylic acids is 1. The number of nitrogens with zero attached hydrogens (tertiary/aromatic N) is 1. The maximum absolute atomic E-state index is 14.3. The molecular weight excluding hydrogens is 441 g/mol. The number of fused-ring (bicyclic) bond motifs is 1. The van der Waals surface area contributed by atoms with Crippen LogP contribution in [0.15, 0.2) is 58.3 Å². The fourth-order valence-electron chi connectivity index (χ4n) is 4.09. The average molecular weight is 466 g/mol. The van der Waals surface area contributed by atoms with Crippen molar-refractivity contribution < 1.29 is 23.8 Å². The normalized spacial score (nSPS) is 20.9. The van der Waals surface area contributed by atoms with Gasteiger partial charge < -0.3 is 14.6 Å². The van der Waals surface area contributed by atoms with E-state index in [1.54, 1.807) is 13.2 Å². The Morgan fingerprint density at radius 1 is 1.24 bits per heavy atom. The number of esters is 1. The Morgan fingerprint density at radius 2 is 2.09 bits per heavy atom. The van der Waals surface area contributed by atoms with Crippen molar-refractivity contribution in [1.29, 1.82) is 0 Å². The Hall–Kier alpha value is -2.90. The first-order chi connectivity index (χ1) is 16.0. The second-order valence-electron chi connectivity index (χ2n) is 8.44. The molecule has 1 aromatic heterocycles. The summed E-state index contributed by atoms with van der Waals surface area (Å²) in [4.78, 5) is 18.5. The van der Waals surface area contributed by atoms with Crippen LogP contribution < -0.4 is 4.74 Å². The zero-order chi connectivity index (χ0) is 22.9. The van der Waals surface area contributed by atoms with Crippen LogP contribution in [0.1, 0.15) is 42.9 Å². The number of hydrogen-bond acceptors (Lipinski definition) is 6. The molecule has 0 amide bonds. The lowest BCUT2D eigenvalue weighted by molar-refractivity contribution is -0.156. The van der Waals surface area contributed by atoms with Crippen LogP contribution in [0.3, 0.4) is 0 Å². The Balaban J connectivity index is 1.63. The fourth-order valence-corrected chi connectivity index (χ4v) is 5.20. The van der Waals surface area contributed by atoms with Crippen LogP contribution >= 0.6 is 11.8 Å². The van der Waals surface area contributed by atoms with Gasteiger partial charge in [-0.05, 0) is 55.3 Å². The fraction of sp³-hybridized carbons (Fsp3) is 0.308. The number of benzene rings is 2. The summed E-state index contributed by atoms with van der Waals surface area (Å²) < 4.78 is 25.1. The molecule has 5 rings (SSSR count). The van der Waals surface area contributed by atoms with E-state index in [0.29, 0.717) is 12.3 Å². The molecule has 1 aliphatic carbocycles. The molecule has 170 valence electrons. The molecule has 2 aromatic carbocycles. The van der Waals surface area contributed by atoms with Crippen LogP contribution in [-0.4, -0.2) is 35.4 Å². The van der Waals surface area contributed by atoms with Crippen molar-refractivity contribution >= 4 is 34.7 Å². The third kappa shape index (κ3) is 4.89. The smallest absolute Gasteiger partial charge is 0.309 e. The van der Waals surface area contributed by atoms with Gasteiger partial charge in [0, 0.05) is 33.1 Å². The van der Waals surface area contributed by atoms with E-state index >= 15 is 0 Å². The molecule has 5 nitrogen and oxygen atoms in total. The van der Waals surface area contributed by atoms with Gasteiger partial charge in [-0.25, -0.2) is 4.39 Å². The van der Waals surface area contributed by atoms with Crippen molar-refractivity contribution in [2.75, 3.05) is 7.11 Å². The third-order valence-electron chi connectivity index (χ3n) is 5.86. The van der Waals surface area contributed by atoms with Gasteiger partial charge in [0.15, 0.2) is 0 Å². The topological polar surface area (TPSA) is 68.7 Å². The monoisotopic (exact) mass is 465 g/mol. The molecule has 0 bridgehead atoms. The van der Waals surface area contributed by atoms with Gasteiger partial charge in [0.1, 0.15) is 17.7 Å². The number of aliphatic hydroxyl groups is 1. The number of aliphatic hydroxyl groups excluding tert-OH is 1. The first-order valence-corrected chi connectivity index (χ1v) is 11.8. The van der Waals surface area contributed by atoms with E-state index < -0.39 is 18.2 Å². The number of methoxy groups -OCH3 is 1. The van der Waals surface area contributed by atoms with E-state index in [9.17, 15) is 14.3 Å². The Morgan fingerprint density at radius 3 is 2.85 bits per heavy atom. The summed E-state index contributed by atoms with van der Waals surface area (Å²) in [6.45, 7) is 0. The first kappa shape index (κ1) is 21.9. The largest absolute Gasteiger partial charge is 0.497 e. The van der Waals surface area contributed by atoms with Gasteiger partial charge in [-0.2, -0.15) is 0 Å². The highest BCUT2D eigenvalue weighted by Gasteiger charge is 2.30. The molecule has 2 heterocycles. The van der Waals surface area contributed by atoms with Crippen LogP contribution in [0.5, 0.6) is 5.75 Å². The number of cyclic esters (lactones) is 1. The van der Waals surface area contributed by atoms with Crippen LogP contribution in [0.4, 0.5) is 4.39 Å². The molecule has 1 N–H and O–H groups in total. The molecule has 1 saturated carbocycles. The number of hydrogen-bond donors (Lipinski definition) is 1. The van der Waals surface area contributed by atoms with E-state index in [2.05, 4.69) is 0 Å². The lowest BCUT2D eigenvalue weighted by atomic mass is 10.0. The molecule has 1 saturated heterocycles. The predicted molar refractivity (Wildman–Crippen MR) is 125 cm³/mol. The van der Waals surface area contributed by atoms with Crippen LogP contribution in [0.25, 0.3) is 17.0 Å². The SMILES string of the molecule is COc1cccc(Sc2c(/C=C/C3C[C@@H](O)CC(=O)O3)c(C3CC3)nc3ccc(F)cc23)c1. The summed E-state index contributed by atoms with van der Waals surface area (Å²) in [6.07, 6.45) is 5.00. The minimum absolute atomic E-state index is 0.0193. The zero-order valence-electron chi connectivity index (χ0n) is 18.2. The summed E-state index contributed by atoms with van der Waals surface area (Å²) in [7, 11) is 1.63. The van der Waals surface area contributed by atoms with Gasteiger partial charge in [0.2, 0.25) is 0 Å². The third-order valence-corrected chi connectivity index (χ3v) is 6.99. The summed E-state index contributed by atoms with van der Waals surface area (Å²) in [6, 6.07) is 12.4. The highest BCUT2D eigenvalue weighted by Crippen LogP contribution is 2.46. The van der Waals surface area contributed by atoms with Gasteiger partial charge in [0.05, 0.1) is 30.8 Å². The van der Waals surface area contributed by atoms with Gasteiger partial charge >= 0.3 is 5.97 Å². The molecule has 33 heavy (non-hydrogen) atoms.